The zero-order valence-electron chi connectivity index (χ0n) is 14.7. The Hall–Kier alpha value is -3.15. The van der Waals surface area contributed by atoms with Gasteiger partial charge in [-0.2, -0.15) is 0 Å². The van der Waals surface area contributed by atoms with Gasteiger partial charge in [0.15, 0.2) is 0 Å². The third-order valence-corrected chi connectivity index (χ3v) is 5.56. The third-order valence-electron chi connectivity index (χ3n) is 5.56. The largest absolute Gasteiger partial charge is 0.497 e. The summed E-state index contributed by atoms with van der Waals surface area (Å²) >= 11 is 0. The lowest BCUT2D eigenvalue weighted by molar-refractivity contribution is 0.0635. The molecule has 3 N–H and O–H groups in total. The zero-order chi connectivity index (χ0) is 18.0. The molecule has 5 rings (SSSR count). The van der Waals surface area contributed by atoms with Crippen LogP contribution < -0.4 is 15.4 Å². The number of aromatic amines is 1. The van der Waals surface area contributed by atoms with Crippen molar-refractivity contribution in [2.45, 2.75) is 12.6 Å². The number of aromatic nitrogens is 1. The van der Waals surface area contributed by atoms with Crippen LogP contribution >= 0.6 is 0 Å². The van der Waals surface area contributed by atoms with Crippen LogP contribution in [0.5, 0.6) is 5.75 Å². The number of methoxy groups -OCH3 is 1. The Balaban J connectivity index is 1.70. The van der Waals surface area contributed by atoms with Crippen molar-refractivity contribution in [3.8, 4) is 5.75 Å². The van der Waals surface area contributed by atoms with Gasteiger partial charge in [-0.3, -0.25) is 4.79 Å². The number of nitrogen functional groups attached to an aromatic ring is 1. The number of carbonyl (C=O) groups excluding carboxylic acids is 1. The second-order valence-electron chi connectivity index (χ2n) is 6.94. The number of nitrogens with one attached hydrogen (secondary N) is 1. The lowest BCUT2D eigenvalue weighted by Gasteiger charge is -2.46. The maximum absolute atomic E-state index is 13.1. The van der Waals surface area contributed by atoms with Gasteiger partial charge >= 0.3 is 0 Å². The second kappa shape index (κ2) is 5.17. The van der Waals surface area contributed by atoms with Crippen LogP contribution in [0.15, 0.2) is 36.4 Å². The quantitative estimate of drug-likeness (QED) is 0.663. The number of carbonyl (C=O) groups is 1. The SMILES string of the molecule is COc1ccc2[nH]c3c(c2c1)CCN1C(=O)c2cc(N)ccc2N(C)C31. The first kappa shape index (κ1) is 15.1. The summed E-state index contributed by atoms with van der Waals surface area (Å²) in [6, 6.07) is 11.6. The summed E-state index contributed by atoms with van der Waals surface area (Å²) in [7, 11) is 3.71. The highest BCUT2D eigenvalue weighted by atomic mass is 16.5. The van der Waals surface area contributed by atoms with E-state index in [0.29, 0.717) is 17.8 Å². The summed E-state index contributed by atoms with van der Waals surface area (Å²) in [6.07, 6.45) is 0.678. The Morgan fingerprint density at radius 2 is 2.08 bits per heavy atom. The predicted octanol–water partition coefficient (Wildman–Crippen LogP) is 2.91. The normalized spacial score (nSPS) is 18.5. The summed E-state index contributed by atoms with van der Waals surface area (Å²) < 4.78 is 5.38. The molecule has 3 aromatic rings. The van der Waals surface area contributed by atoms with Gasteiger partial charge in [0, 0.05) is 30.2 Å². The van der Waals surface area contributed by atoms with Gasteiger partial charge in [0.1, 0.15) is 11.9 Å². The molecule has 26 heavy (non-hydrogen) atoms. The molecule has 3 heterocycles. The van der Waals surface area contributed by atoms with E-state index in [9.17, 15) is 4.79 Å². The van der Waals surface area contributed by atoms with E-state index in [1.54, 1.807) is 13.2 Å². The number of hydrogen-bond donors (Lipinski definition) is 2. The number of nitrogens with zero attached hydrogens (tertiary/aromatic N) is 2. The van der Waals surface area contributed by atoms with E-state index in [4.69, 9.17) is 10.5 Å². The van der Waals surface area contributed by atoms with Gasteiger partial charge in [-0.05, 0) is 48.4 Å². The van der Waals surface area contributed by atoms with Gasteiger partial charge in [0.25, 0.3) is 5.91 Å². The summed E-state index contributed by atoms with van der Waals surface area (Å²) in [4.78, 5) is 20.7. The lowest BCUT2D eigenvalue weighted by Crippen LogP contribution is -2.51. The van der Waals surface area contributed by atoms with E-state index in [2.05, 4.69) is 16.0 Å². The number of rotatable bonds is 1. The molecule has 0 spiro atoms. The first-order chi connectivity index (χ1) is 12.6. The van der Waals surface area contributed by atoms with Crippen LogP contribution in [0.2, 0.25) is 0 Å². The topological polar surface area (TPSA) is 74.6 Å². The van der Waals surface area contributed by atoms with Crippen molar-refractivity contribution in [1.29, 1.82) is 0 Å². The number of H-pyrrole nitrogens is 1. The number of hydrogen-bond acceptors (Lipinski definition) is 4. The van der Waals surface area contributed by atoms with E-state index in [1.807, 2.05) is 36.2 Å². The smallest absolute Gasteiger partial charge is 0.257 e. The first-order valence-electron chi connectivity index (χ1n) is 8.70. The highest BCUT2D eigenvalue weighted by Crippen LogP contribution is 2.43. The third kappa shape index (κ3) is 1.89. The van der Waals surface area contributed by atoms with E-state index in [-0.39, 0.29) is 12.1 Å². The maximum atomic E-state index is 13.1. The fourth-order valence-corrected chi connectivity index (χ4v) is 4.31. The summed E-state index contributed by atoms with van der Waals surface area (Å²) in [5.41, 5.74) is 11.5. The molecule has 1 aromatic heterocycles. The van der Waals surface area contributed by atoms with Crippen LogP contribution in [-0.4, -0.2) is 36.5 Å². The zero-order valence-corrected chi connectivity index (χ0v) is 14.7. The number of ether oxygens (including phenoxy) is 1. The highest BCUT2D eigenvalue weighted by molar-refractivity contribution is 6.03. The lowest BCUT2D eigenvalue weighted by atomic mass is 9.96. The van der Waals surface area contributed by atoms with Crippen molar-refractivity contribution < 1.29 is 9.53 Å². The summed E-state index contributed by atoms with van der Waals surface area (Å²) in [5.74, 6) is 0.882. The Morgan fingerprint density at radius 1 is 1.23 bits per heavy atom. The average Bonchev–Trinajstić information content (AvgIpc) is 3.03. The molecule has 2 aromatic carbocycles. The Kier molecular flexibility index (Phi) is 3.01. The molecule has 2 aliphatic heterocycles. The molecule has 0 radical (unpaired) electrons. The van der Waals surface area contributed by atoms with E-state index in [0.717, 1.165) is 29.1 Å². The fourth-order valence-electron chi connectivity index (χ4n) is 4.31. The summed E-state index contributed by atoms with van der Waals surface area (Å²) in [5, 5.41) is 1.17. The molecule has 0 fully saturated rings. The second-order valence-corrected chi connectivity index (χ2v) is 6.94. The van der Waals surface area contributed by atoms with E-state index in [1.165, 1.54) is 10.9 Å². The predicted molar refractivity (Wildman–Crippen MR) is 102 cm³/mol. The molecule has 1 unspecified atom stereocenters. The minimum Gasteiger partial charge on any atom is -0.497 e. The molecular formula is C20H20N4O2. The van der Waals surface area contributed by atoms with Crippen LogP contribution in [0.3, 0.4) is 0 Å². The molecule has 132 valence electrons. The molecule has 0 saturated heterocycles. The Bertz CT molecular complexity index is 1060. The van der Waals surface area contributed by atoms with Gasteiger partial charge in [-0.15, -0.1) is 0 Å². The number of anilines is 2. The van der Waals surface area contributed by atoms with E-state index >= 15 is 0 Å². The van der Waals surface area contributed by atoms with Crippen LogP contribution in [0.25, 0.3) is 10.9 Å². The van der Waals surface area contributed by atoms with Crippen molar-refractivity contribution in [1.82, 2.24) is 9.88 Å². The van der Waals surface area contributed by atoms with Crippen LogP contribution in [-0.2, 0) is 6.42 Å². The minimum atomic E-state index is -0.138. The van der Waals surface area contributed by atoms with Gasteiger partial charge in [0.2, 0.25) is 0 Å². The fraction of sp³-hybridized carbons (Fsp3) is 0.250. The molecular weight excluding hydrogens is 328 g/mol. The standard InChI is InChI=1S/C20H20N4O2/c1-23-17-6-3-11(21)9-15(17)20(25)24-8-7-13-14-10-12(26-2)4-5-16(14)22-18(13)19(23)24/h3-6,9-10,19,22H,7-8,21H2,1-2H3. The van der Waals surface area contributed by atoms with Crippen molar-refractivity contribution >= 4 is 28.2 Å². The van der Waals surface area contributed by atoms with Crippen LogP contribution in [0.4, 0.5) is 11.4 Å². The highest BCUT2D eigenvalue weighted by Gasteiger charge is 2.41. The molecule has 1 atom stereocenters. The van der Waals surface area contributed by atoms with Crippen molar-refractivity contribution in [3.63, 3.8) is 0 Å². The monoisotopic (exact) mass is 348 g/mol. The number of fused-ring (bicyclic) bond motifs is 6. The van der Waals surface area contributed by atoms with Crippen molar-refractivity contribution in [3.05, 3.63) is 53.2 Å². The molecule has 0 saturated carbocycles. The Labute approximate surface area is 151 Å². The average molecular weight is 348 g/mol. The van der Waals surface area contributed by atoms with Crippen molar-refractivity contribution in [2.75, 3.05) is 31.3 Å². The van der Waals surface area contributed by atoms with Crippen molar-refractivity contribution in [2.24, 2.45) is 0 Å². The molecule has 6 nitrogen and oxygen atoms in total. The van der Waals surface area contributed by atoms with E-state index < -0.39 is 0 Å². The number of nitrogens with two attached hydrogens (primary N) is 1. The van der Waals surface area contributed by atoms with Gasteiger partial charge in [-0.1, -0.05) is 0 Å². The molecule has 0 bridgehead atoms. The van der Waals surface area contributed by atoms with Gasteiger partial charge < -0.3 is 25.3 Å². The molecule has 6 heteroatoms. The van der Waals surface area contributed by atoms with Crippen LogP contribution in [0, 0.1) is 0 Å². The van der Waals surface area contributed by atoms with Crippen LogP contribution in [0.1, 0.15) is 27.8 Å². The number of amides is 1. The number of benzene rings is 2. The molecule has 1 amide bonds. The molecule has 2 aliphatic rings. The van der Waals surface area contributed by atoms with Gasteiger partial charge in [0.05, 0.1) is 24.1 Å². The first-order valence-corrected chi connectivity index (χ1v) is 8.70. The summed E-state index contributed by atoms with van der Waals surface area (Å²) in [6.45, 7) is 0.680. The maximum Gasteiger partial charge on any atom is 0.257 e. The molecule has 0 aliphatic carbocycles. The minimum absolute atomic E-state index is 0.0392. The Morgan fingerprint density at radius 3 is 2.88 bits per heavy atom. The van der Waals surface area contributed by atoms with Gasteiger partial charge in [-0.25, -0.2) is 0 Å².